The number of fused-ring (bicyclic) bond motifs is 2. The normalized spacial score (nSPS) is 28.6. The van der Waals surface area contributed by atoms with E-state index >= 15 is 0 Å². The van der Waals surface area contributed by atoms with Crippen molar-refractivity contribution in [2.75, 3.05) is 13.6 Å². The second-order valence-corrected chi connectivity index (χ2v) is 14.7. The zero-order valence-corrected chi connectivity index (χ0v) is 29.6. The van der Waals surface area contributed by atoms with Gasteiger partial charge in [0.05, 0.1) is 17.0 Å². The van der Waals surface area contributed by atoms with Gasteiger partial charge in [-0.15, -0.1) is 0 Å². The van der Waals surface area contributed by atoms with Gasteiger partial charge in [-0.25, -0.2) is 9.79 Å². The molecule has 4 unspecified atom stereocenters. The van der Waals surface area contributed by atoms with Crippen molar-refractivity contribution in [2.24, 2.45) is 27.2 Å². The van der Waals surface area contributed by atoms with E-state index in [0.29, 0.717) is 25.3 Å². The molecular weight excluding hydrogens is 582 g/mol. The van der Waals surface area contributed by atoms with Crippen LogP contribution in [0.5, 0.6) is 0 Å². The van der Waals surface area contributed by atoms with Crippen LogP contribution in [0.15, 0.2) is 92.8 Å². The predicted molar refractivity (Wildman–Crippen MR) is 194 cm³/mol. The fourth-order valence-electron chi connectivity index (χ4n) is 7.42. The minimum Gasteiger partial charge on any atom is -0.325 e. The number of nitrogens with one attached hydrogen (secondary N) is 1. The van der Waals surface area contributed by atoms with Crippen molar-refractivity contribution in [1.29, 1.82) is 0 Å². The van der Waals surface area contributed by atoms with Gasteiger partial charge in [-0.1, -0.05) is 75.0 Å². The van der Waals surface area contributed by atoms with Gasteiger partial charge in [-0.2, -0.15) is 0 Å². The Morgan fingerprint density at radius 2 is 1.91 bits per heavy atom. The Kier molecular flexibility index (Phi) is 10.7. The first-order valence-corrected chi connectivity index (χ1v) is 17.7. The van der Waals surface area contributed by atoms with Crippen molar-refractivity contribution in [3.05, 3.63) is 82.8 Å². The molecule has 3 amide bonds. The number of rotatable bonds is 8. The van der Waals surface area contributed by atoms with Crippen LogP contribution in [0.1, 0.15) is 92.9 Å². The first-order valence-electron chi connectivity index (χ1n) is 17.7. The molecule has 0 saturated heterocycles. The monoisotopic (exact) mass is 637 g/mol. The van der Waals surface area contributed by atoms with Crippen LogP contribution in [0.4, 0.5) is 4.79 Å². The Hall–Kier alpha value is -3.74. The van der Waals surface area contributed by atoms with E-state index in [9.17, 15) is 9.59 Å². The molecule has 3 heterocycles. The van der Waals surface area contributed by atoms with E-state index in [4.69, 9.17) is 4.99 Å². The SMILES string of the molecule is CCCCC1=C(C(C)(C)N(CC2=CC3/C=C/CC4(C/C=C/C3N=C2)C(=O)NC2=C4CCC(C)C=N2)C(=O)N(C)C(C)C)CC=CC=C1. The summed E-state index contributed by atoms with van der Waals surface area (Å²) in [6.07, 6.45) is 30.8. The summed E-state index contributed by atoms with van der Waals surface area (Å²) in [7, 11) is 1.90. The number of allylic oxidation sites excluding steroid dienone is 7. The van der Waals surface area contributed by atoms with Crippen molar-refractivity contribution in [3.8, 4) is 0 Å². The molecule has 0 aromatic heterocycles. The fourth-order valence-corrected chi connectivity index (χ4v) is 7.42. The Labute approximate surface area is 282 Å². The molecule has 0 fully saturated rings. The van der Waals surface area contributed by atoms with Crippen molar-refractivity contribution >= 4 is 24.4 Å². The highest BCUT2D eigenvalue weighted by atomic mass is 16.2. The number of aliphatic imine (C=N–C) groups is 2. The molecule has 5 aliphatic rings. The van der Waals surface area contributed by atoms with Gasteiger partial charge in [-0.3, -0.25) is 9.79 Å². The molecule has 3 aliphatic heterocycles. The van der Waals surface area contributed by atoms with Crippen LogP contribution in [0, 0.1) is 17.3 Å². The van der Waals surface area contributed by atoms with Crippen LogP contribution >= 0.6 is 0 Å². The molecule has 7 heteroatoms. The number of unbranched alkanes of at least 4 members (excludes halogenated alkanes) is 1. The molecule has 0 aromatic rings. The number of carbonyl (C=O) groups is 2. The molecule has 252 valence electrons. The second-order valence-electron chi connectivity index (χ2n) is 14.7. The van der Waals surface area contributed by atoms with Gasteiger partial charge in [0, 0.05) is 38.0 Å². The highest BCUT2D eigenvalue weighted by Gasteiger charge is 2.47. The zero-order chi connectivity index (χ0) is 33.8. The number of hydrogen-bond acceptors (Lipinski definition) is 4. The van der Waals surface area contributed by atoms with E-state index in [1.807, 2.05) is 29.3 Å². The molecule has 0 saturated carbocycles. The number of amides is 3. The van der Waals surface area contributed by atoms with Gasteiger partial charge in [0.25, 0.3) is 0 Å². The van der Waals surface area contributed by atoms with Gasteiger partial charge < -0.3 is 15.1 Å². The highest BCUT2D eigenvalue weighted by molar-refractivity contribution is 5.92. The molecule has 0 bridgehead atoms. The summed E-state index contributed by atoms with van der Waals surface area (Å²) in [6.45, 7) is 13.4. The molecule has 4 atom stereocenters. The quantitative estimate of drug-likeness (QED) is 0.272. The van der Waals surface area contributed by atoms with Gasteiger partial charge >= 0.3 is 6.03 Å². The van der Waals surface area contributed by atoms with Crippen molar-refractivity contribution in [1.82, 2.24) is 15.1 Å². The Morgan fingerprint density at radius 1 is 1.15 bits per heavy atom. The summed E-state index contributed by atoms with van der Waals surface area (Å²) < 4.78 is 0. The largest absolute Gasteiger partial charge is 0.325 e. The highest BCUT2D eigenvalue weighted by Crippen LogP contribution is 2.46. The van der Waals surface area contributed by atoms with Crippen LogP contribution in [0.2, 0.25) is 0 Å². The number of carbonyl (C=O) groups excluding carboxylic acids is 2. The summed E-state index contributed by atoms with van der Waals surface area (Å²) in [5.74, 6) is 1.24. The lowest BCUT2D eigenvalue weighted by Gasteiger charge is -2.44. The molecule has 1 N–H and O–H groups in total. The average Bonchev–Trinajstić information content (AvgIpc) is 3.18. The topological polar surface area (TPSA) is 77.4 Å². The van der Waals surface area contributed by atoms with Crippen molar-refractivity contribution in [2.45, 2.75) is 111 Å². The lowest BCUT2D eigenvalue weighted by atomic mass is 9.73. The van der Waals surface area contributed by atoms with E-state index < -0.39 is 11.0 Å². The lowest BCUT2D eigenvalue weighted by Crippen LogP contribution is -2.55. The van der Waals surface area contributed by atoms with Crippen LogP contribution in [-0.2, 0) is 4.79 Å². The third kappa shape index (κ3) is 7.24. The Bertz CT molecular complexity index is 1500. The van der Waals surface area contributed by atoms with Gasteiger partial charge in [-0.05, 0) is 101 Å². The van der Waals surface area contributed by atoms with Gasteiger partial charge in [0.15, 0.2) is 0 Å². The molecule has 0 aromatic carbocycles. The summed E-state index contributed by atoms with van der Waals surface area (Å²) in [5.41, 5.74) is 3.68. The third-order valence-electron chi connectivity index (χ3n) is 10.8. The lowest BCUT2D eigenvalue weighted by molar-refractivity contribution is -0.126. The minimum absolute atomic E-state index is 0.0181. The summed E-state index contributed by atoms with van der Waals surface area (Å²) >= 11 is 0. The molecule has 2 aliphatic carbocycles. The van der Waals surface area contributed by atoms with Gasteiger partial charge in [0.2, 0.25) is 5.91 Å². The number of nitrogens with zero attached hydrogens (tertiary/aromatic N) is 4. The summed E-state index contributed by atoms with van der Waals surface area (Å²) in [4.78, 5) is 41.3. The smallest absolute Gasteiger partial charge is 0.320 e. The molecule has 7 nitrogen and oxygen atoms in total. The number of dihydropyridines is 1. The summed E-state index contributed by atoms with van der Waals surface area (Å²) in [5, 5.41) is 3.10. The number of urea groups is 1. The maximum Gasteiger partial charge on any atom is 0.320 e. The maximum absolute atomic E-state index is 14.3. The van der Waals surface area contributed by atoms with E-state index in [1.54, 1.807) is 0 Å². The average molecular weight is 638 g/mol. The van der Waals surface area contributed by atoms with E-state index in [0.717, 1.165) is 55.5 Å². The molecule has 47 heavy (non-hydrogen) atoms. The minimum atomic E-state index is -0.604. The van der Waals surface area contributed by atoms with Crippen molar-refractivity contribution in [3.63, 3.8) is 0 Å². The van der Waals surface area contributed by atoms with E-state index in [2.05, 4.69) is 107 Å². The number of hydrogen-bond donors (Lipinski definition) is 1. The maximum atomic E-state index is 14.3. The molecule has 0 radical (unpaired) electrons. The standard InChI is InChI=1S/C40H55N5O2/c1-8-9-15-31-16-11-10-12-18-33(31)39(5,6)45(38(47)44(7)28(2)3)27-30-24-32-17-13-22-40(23-14-19-35(32)41-26-30)34-21-20-29(4)25-42-36(34)43-37(40)46/h10-14,16-17,19,24-26,28-29,32,35H,8-9,15,18,20-23,27H2,1-7H3,(H,43,46)/b17-13+,19-14+. The fraction of sp³-hybridized carbons (Fsp3) is 0.550. The van der Waals surface area contributed by atoms with Crippen molar-refractivity contribution < 1.29 is 9.59 Å². The zero-order valence-electron chi connectivity index (χ0n) is 29.6. The molecular formula is C40H55N5O2. The Morgan fingerprint density at radius 3 is 2.66 bits per heavy atom. The van der Waals surface area contributed by atoms with Crippen LogP contribution in [-0.4, -0.2) is 65.4 Å². The summed E-state index contributed by atoms with van der Waals surface area (Å²) in [6, 6.07) is 0.0397. The second kappa shape index (κ2) is 14.6. The van der Waals surface area contributed by atoms with E-state index in [1.165, 1.54) is 11.1 Å². The first-order chi connectivity index (χ1) is 22.5. The third-order valence-corrected chi connectivity index (χ3v) is 10.8. The van der Waals surface area contributed by atoms with E-state index in [-0.39, 0.29) is 29.9 Å². The van der Waals surface area contributed by atoms with Crippen LogP contribution in [0.3, 0.4) is 0 Å². The van der Waals surface area contributed by atoms with Crippen LogP contribution < -0.4 is 5.32 Å². The Balaban J connectivity index is 1.44. The van der Waals surface area contributed by atoms with Gasteiger partial charge in [0.1, 0.15) is 5.82 Å². The molecule has 5 rings (SSSR count). The predicted octanol–water partition coefficient (Wildman–Crippen LogP) is 8.26. The first kappa shape index (κ1) is 34.6. The molecule has 1 spiro atoms. The van der Waals surface area contributed by atoms with Crippen LogP contribution in [0.25, 0.3) is 0 Å².